The van der Waals surface area contributed by atoms with Gasteiger partial charge < -0.3 is 14.2 Å². The van der Waals surface area contributed by atoms with Gasteiger partial charge in [-0.25, -0.2) is 9.78 Å². The molecule has 5 rings (SSSR count). The molecular formula is C20H12F3N5O3. The average Bonchev–Trinajstić information content (AvgIpc) is 3.44. The minimum absolute atomic E-state index is 0.0288. The number of aromatic amines is 1. The second-order valence-corrected chi connectivity index (χ2v) is 6.59. The van der Waals surface area contributed by atoms with E-state index in [1.54, 1.807) is 6.07 Å². The number of nitrogens with one attached hydrogen (secondary N) is 3. The maximum Gasteiger partial charge on any atom is 0.468 e. The highest BCUT2D eigenvalue weighted by atomic mass is 19.4. The normalized spacial score (nSPS) is 11.8. The largest absolute Gasteiger partial charge is 0.468 e. The lowest BCUT2D eigenvalue weighted by atomic mass is 10.2. The SMILES string of the molecule is O=C(Nc1ccc2nc(C(F)(F)F)oc2c1)Nc1cc(-c2cc3ccccc3o2)[nH]n1. The first-order chi connectivity index (χ1) is 14.8. The molecule has 0 saturated carbocycles. The number of urea groups is 1. The van der Waals surface area contributed by atoms with Crippen LogP contribution in [0.1, 0.15) is 5.89 Å². The fourth-order valence-corrected chi connectivity index (χ4v) is 3.03. The molecule has 0 aliphatic carbocycles. The van der Waals surface area contributed by atoms with Gasteiger partial charge in [-0.05, 0) is 24.3 Å². The number of hydrogen-bond acceptors (Lipinski definition) is 5. The molecule has 3 aromatic heterocycles. The Bertz CT molecular complexity index is 1380. The number of benzene rings is 2. The highest BCUT2D eigenvalue weighted by Crippen LogP contribution is 2.32. The second kappa shape index (κ2) is 6.90. The predicted molar refractivity (Wildman–Crippen MR) is 105 cm³/mol. The molecule has 2 amide bonds. The van der Waals surface area contributed by atoms with Crippen LogP contribution in [-0.4, -0.2) is 21.2 Å². The highest BCUT2D eigenvalue weighted by Gasteiger charge is 2.37. The number of halogens is 3. The molecule has 3 heterocycles. The van der Waals surface area contributed by atoms with Gasteiger partial charge in [-0.15, -0.1) is 0 Å². The number of anilines is 2. The third-order valence-electron chi connectivity index (χ3n) is 4.40. The van der Waals surface area contributed by atoms with E-state index in [1.165, 1.54) is 18.2 Å². The van der Waals surface area contributed by atoms with Gasteiger partial charge in [0, 0.05) is 23.2 Å². The van der Waals surface area contributed by atoms with Crippen LogP contribution < -0.4 is 10.6 Å². The Labute approximate surface area is 171 Å². The van der Waals surface area contributed by atoms with Crippen LogP contribution in [0.2, 0.25) is 0 Å². The Kier molecular flexibility index (Phi) is 4.17. The van der Waals surface area contributed by atoms with Crippen molar-refractivity contribution in [3.8, 4) is 11.5 Å². The Morgan fingerprint density at radius 2 is 1.81 bits per heavy atom. The first-order valence-corrected chi connectivity index (χ1v) is 8.95. The Morgan fingerprint density at radius 3 is 2.61 bits per heavy atom. The van der Waals surface area contributed by atoms with Crippen molar-refractivity contribution < 1.29 is 26.8 Å². The fraction of sp³-hybridized carbons (Fsp3) is 0.0500. The lowest BCUT2D eigenvalue weighted by Gasteiger charge is -2.04. The second-order valence-electron chi connectivity index (χ2n) is 6.59. The first-order valence-electron chi connectivity index (χ1n) is 8.95. The number of alkyl halides is 3. The molecule has 156 valence electrons. The molecule has 0 aliphatic rings. The maximum absolute atomic E-state index is 12.7. The third kappa shape index (κ3) is 3.68. The van der Waals surface area contributed by atoms with Gasteiger partial charge in [0.25, 0.3) is 0 Å². The van der Waals surface area contributed by atoms with Gasteiger partial charge >= 0.3 is 18.1 Å². The topological polar surface area (TPSA) is 109 Å². The van der Waals surface area contributed by atoms with Gasteiger partial charge in [0.1, 0.15) is 16.8 Å². The van der Waals surface area contributed by atoms with E-state index in [0.29, 0.717) is 11.5 Å². The summed E-state index contributed by atoms with van der Waals surface area (Å²) in [6, 6.07) is 14.3. The number of fused-ring (bicyclic) bond motifs is 2. The molecule has 0 unspecified atom stereocenters. The van der Waals surface area contributed by atoms with E-state index in [2.05, 4.69) is 25.8 Å². The highest BCUT2D eigenvalue weighted by molar-refractivity contribution is 6.00. The van der Waals surface area contributed by atoms with Crippen molar-refractivity contribution in [2.45, 2.75) is 6.18 Å². The molecule has 11 heteroatoms. The molecule has 0 saturated heterocycles. The Morgan fingerprint density at radius 1 is 0.968 bits per heavy atom. The van der Waals surface area contributed by atoms with Crippen LogP contribution >= 0.6 is 0 Å². The van der Waals surface area contributed by atoms with Gasteiger partial charge in [-0.1, -0.05) is 18.2 Å². The lowest BCUT2D eigenvalue weighted by molar-refractivity contribution is -0.156. The summed E-state index contributed by atoms with van der Waals surface area (Å²) in [5.41, 5.74) is 1.44. The van der Waals surface area contributed by atoms with Gasteiger partial charge in [-0.2, -0.15) is 18.3 Å². The van der Waals surface area contributed by atoms with Crippen molar-refractivity contribution in [1.82, 2.24) is 15.2 Å². The van der Waals surface area contributed by atoms with Crippen molar-refractivity contribution in [3.63, 3.8) is 0 Å². The summed E-state index contributed by atoms with van der Waals surface area (Å²) in [6.07, 6.45) is -4.69. The smallest absolute Gasteiger partial charge is 0.454 e. The summed E-state index contributed by atoms with van der Waals surface area (Å²) in [6.45, 7) is 0. The van der Waals surface area contributed by atoms with Crippen molar-refractivity contribution >= 4 is 39.6 Å². The van der Waals surface area contributed by atoms with E-state index >= 15 is 0 Å². The number of para-hydroxylation sites is 1. The molecule has 0 bridgehead atoms. The summed E-state index contributed by atoms with van der Waals surface area (Å²) in [7, 11) is 0. The number of oxazole rings is 1. The van der Waals surface area contributed by atoms with E-state index in [1.807, 2.05) is 30.3 Å². The molecule has 0 spiro atoms. The van der Waals surface area contributed by atoms with Crippen molar-refractivity contribution in [2.75, 3.05) is 10.6 Å². The minimum atomic E-state index is -4.69. The number of carbonyl (C=O) groups is 1. The zero-order chi connectivity index (χ0) is 21.6. The van der Waals surface area contributed by atoms with Gasteiger partial charge in [0.2, 0.25) is 0 Å². The molecule has 0 fully saturated rings. The summed E-state index contributed by atoms with van der Waals surface area (Å²) in [5, 5.41) is 12.8. The number of rotatable bonds is 3. The zero-order valence-electron chi connectivity index (χ0n) is 15.4. The van der Waals surface area contributed by atoms with E-state index in [0.717, 1.165) is 11.0 Å². The summed E-state index contributed by atoms with van der Waals surface area (Å²) in [4.78, 5) is 15.6. The van der Waals surface area contributed by atoms with Crippen molar-refractivity contribution in [3.05, 3.63) is 60.5 Å². The summed E-state index contributed by atoms with van der Waals surface area (Å²) in [5.74, 6) is -0.565. The molecule has 0 atom stereocenters. The molecule has 0 radical (unpaired) electrons. The van der Waals surface area contributed by atoms with Crippen molar-refractivity contribution in [1.29, 1.82) is 0 Å². The third-order valence-corrected chi connectivity index (χ3v) is 4.40. The summed E-state index contributed by atoms with van der Waals surface area (Å²) < 4.78 is 48.6. The number of furan rings is 1. The Hall–Kier alpha value is -4.28. The van der Waals surface area contributed by atoms with Crippen LogP contribution in [0.4, 0.5) is 29.5 Å². The molecular weight excluding hydrogens is 415 g/mol. The first kappa shape index (κ1) is 18.7. The number of H-pyrrole nitrogens is 1. The quantitative estimate of drug-likeness (QED) is 0.346. The fourth-order valence-electron chi connectivity index (χ4n) is 3.03. The molecule has 0 aliphatic heterocycles. The van der Waals surface area contributed by atoms with Crippen LogP contribution in [0.25, 0.3) is 33.5 Å². The molecule has 31 heavy (non-hydrogen) atoms. The Balaban J connectivity index is 1.29. The van der Waals surface area contributed by atoms with Crippen LogP contribution in [0.5, 0.6) is 0 Å². The van der Waals surface area contributed by atoms with Crippen molar-refractivity contribution in [2.24, 2.45) is 0 Å². The number of hydrogen-bond donors (Lipinski definition) is 3. The number of amides is 2. The van der Waals surface area contributed by atoms with E-state index in [-0.39, 0.29) is 22.6 Å². The lowest BCUT2D eigenvalue weighted by Crippen LogP contribution is -2.19. The molecule has 5 aromatic rings. The zero-order valence-corrected chi connectivity index (χ0v) is 15.4. The van der Waals surface area contributed by atoms with Crippen LogP contribution in [0, 0.1) is 0 Å². The van der Waals surface area contributed by atoms with E-state index in [4.69, 9.17) is 8.83 Å². The number of carbonyl (C=O) groups excluding carboxylic acids is 1. The minimum Gasteiger partial charge on any atom is -0.454 e. The maximum atomic E-state index is 12.7. The average molecular weight is 427 g/mol. The van der Waals surface area contributed by atoms with Crippen LogP contribution in [0.15, 0.2) is 63.4 Å². The summed E-state index contributed by atoms with van der Waals surface area (Å²) >= 11 is 0. The molecule has 8 nitrogen and oxygen atoms in total. The predicted octanol–water partition coefficient (Wildman–Crippen LogP) is 5.63. The monoisotopic (exact) mass is 427 g/mol. The van der Waals surface area contributed by atoms with Gasteiger partial charge in [0.05, 0.1) is 0 Å². The van der Waals surface area contributed by atoms with Crippen LogP contribution in [0.3, 0.4) is 0 Å². The van der Waals surface area contributed by atoms with Gasteiger partial charge in [0.15, 0.2) is 17.2 Å². The van der Waals surface area contributed by atoms with Crippen LogP contribution in [-0.2, 0) is 6.18 Å². The number of nitrogens with zero attached hydrogens (tertiary/aromatic N) is 2. The molecule has 2 aromatic carbocycles. The van der Waals surface area contributed by atoms with Gasteiger partial charge in [-0.3, -0.25) is 10.4 Å². The standard InChI is InChI=1S/C20H12F3N5O3/c21-20(22,23)18-25-12-6-5-11(8-16(12)31-18)24-19(29)26-17-9-13(27-28-17)15-7-10-3-1-2-4-14(10)30-15/h1-9H,(H3,24,26,27,28,29). The van der Waals surface area contributed by atoms with E-state index in [9.17, 15) is 18.0 Å². The number of aromatic nitrogens is 3. The molecule has 3 N–H and O–H groups in total. The van der Waals surface area contributed by atoms with E-state index < -0.39 is 18.1 Å².